The Balaban J connectivity index is 0.000000160. The molecular formula is C74H74Cl2N8O8Si5. The van der Waals surface area contributed by atoms with Gasteiger partial charge in [-0.2, -0.15) is 0 Å². The Labute approximate surface area is 580 Å². The number of hydrogen-bond acceptors (Lipinski definition) is 8. The Bertz CT molecular complexity index is 4230. The molecule has 0 atom stereocenters. The van der Waals surface area contributed by atoms with Crippen molar-refractivity contribution in [1.82, 2.24) is 20.6 Å². The predicted octanol–water partition coefficient (Wildman–Crippen LogP) is 5.02. The highest BCUT2D eigenvalue weighted by Crippen LogP contribution is 2.24. The number of carbonyl (C=O) groups excluding carboxylic acids is 4. The molecule has 0 radical (unpaired) electrons. The van der Waals surface area contributed by atoms with Gasteiger partial charge in [-0.3, -0.25) is 0 Å². The number of carbonyl (C=O) groups is 4. The second-order valence-electron chi connectivity index (χ2n) is 22.1. The Morgan fingerprint density at radius 2 is 0.639 bits per heavy atom. The first-order valence-electron chi connectivity index (χ1n) is 30.7. The minimum Gasteiger partial charge on any atom is -0.404 e. The fourth-order valence-electron chi connectivity index (χ4n) is 10.8. The van der Waals surface area contributed by atoms with Gasteiger partial charge >= 0.3 is 47.8 Å². The lowest BCUT2D eigenvalue weighted by molar-refractivity contribution is 0.0304. The molecule has 0 fully saturated rings. The lowest BCUT2D eigenvalue weighted by Crippen LogP contribution is -2.80. The molecular weight excluding hydrogens is 1340 g/mol. The van der Waals surface area contributed by atoms with Gasteiger partial charge in [-0.25, -0.2) is 19.2 Å². The number of amides is 8. The van der Waals surface area contributed by atoms with Gasteiger partial charge in [0.1, 0.15) is 25.0 Å². The van der Waals surface area contributed by atoms with Gasteiger partial charge in [0, 0.05) is 10.4 Å². The molecule has 0 spiro atoms. The van der Waals surface area contributed by atoms with Gasteiger partial charge in [0.05, 0.1) is 5.79 Å². The fourth-order valence-corrected chi connectivity index (χ4v) is 21.6. The van der Waals surface area contributed by atoms with Gasteiger partial charge in [0.25, 0.3) is 0 Å². The van der Waals surface area contributed by atoms with E-state index in [0.717, 1.165) is 63.8 Å². The molecule has 0 heterocycles. The number of primary amides is 4. The number of fused-ring (bicyclic) bond motifs is 2. The third-order valence-corrected chi connectivity index (χ3v) is 29.1. The number of hydrogen-bond donors (Lipinski definition) is 12. The lowest BCUT2D eigenvalue weighted by Gasteiger charge is -2.31. The molecule has 12 aromatic carbocycles. The highest BCUT2D eigenvalue weighted by molar-refractivity contribution is 7.56. The van der Waals surface area contributed by atoms with Crippen LogP contribution in [0.15, 0.2) is 315 Å². The summed E-state index contributed by atoms with van der Waals surface area (Å²) in [6, 6.07) is 98.9. The van der Waals surface area contributed by atoms with E-state index in [1.165, 1.54) is 11.1 Å². The summed E-state index contributed by atoms with van der Waals surface area (Å²) < 4.78 is 0. The van der Waals surface area contributed by atoms with Crippen LogP contribution in [0.1, 0.15) is 0 Å². The van der Waals surface area contributed by atoms with Crippen molar-refractivity contribution in [3.63, 3.8) is 0 Å². The van der Waals surface area contributed by atoms with Crippen LogP contribution in [0, 0.1) is 0 Å². The summed E-state index contributed by atoms with van der Waals surface area (Å²) in [5.74, 6) is -1.56. The molecule has 23 heteroatoms. The quantitative estimate of drug-likeness (QED) is 0.0354. The molecule has 16 nitrogen and oxygen atoms in total. The number of aliphatic hydroxyl groups excluding tert-OH is 1. The van der Waals surface area contributed by atoms with Crippen LogP contribution in [-0.2, 0) is 0 Å². The molecule has 12 aromatic rings. The Kier molecular flexibility index (Phi) is 26.5. The molecule has 0 aliphatic carbocycles. The highest BCUT2D eigenvalue weighted by atomic mass is 35.7. The summed E-state index contributed by atoms with van der Waals surface area (Å²) in [7, 11) is -8.68. The maximum Gasteiger partial charge on any atom is 0.402 e. The van der Waals surface area contributed by atoms with Crippen LogP contribution in [0.4, 0.5) is 19.2 Å². The predicted molar refractivity (Wildman–Crippen MR) is 408 cm³/mol. The summed E-state index contributed by atoms with van der Waals surface area (Å²) in [6.45, 7) is -2.76. The molecule has 0 saturated heterocycles. The van der Waals surface area contributed by atoms with E-state index >= 15 is 0 Å². The van der Waals surface area contributed by atoms with Crippen molar-refractivity contribution in [3.8, 4) is 22.3 Å². The van der Waals surface area contributed by atoms with E-state index in [0.29, 0.717) is 10.4 Å². The summed E-state index contributed by atoms with van der Waals surface area (Å²) in [6.07, 6.45) is 0. The van der Waals surface area contributed by atoms with Crippen LogP contribution in [0.25, 0.3) is 43.8 Å². The number of aliphatic hydroxyl groups is 2. The van der Waals surface area contributed by atoms with Crippen LogP contribution in [0.2, 0.25) is 0 Å². The Morgan fingerprint density at radius 3 is 0.979 bits per heavy atom. The molecule has 8 amide bonds. The first-order valence-corrected chi connectivity index (χ1v) is 41.6. The monoisotopic (exact) mass is 1410 g/mol. The molecule has 0 aliphatic heterocycles. The maximum atomic E-state index is 11.5. The Morgan fingerprint density at radius 1 is 0.340 bits per heavy atom. The molecule has 0 aliphatic rings. The van der Waals surface area contributed by atoms with Crippen LogP contribution < -0.4 is 85.0 Å². The van der Waals surface area contributed by atoms with Crippen LogP contribution >= 0.6 is 22.2 Å². The van der Waals surface area contributed by atoms with E-state index in [9.17, 15) is 28.8 Å². The van der Waals surface area contributed by atoms with E-state index in [1.54, 1.807) is 0 Å². The summed E-state index contributed by atoms with van der Waals surface area (Å²) >= 11 is 13.8. The first kappa shape index (κ1) is 72.6. The summed E-state index contributed by atoms with van der Waals surface area (Å²) in [4.78, 5) is 72.2. The number of nitrogens with two attached hydrogens (primary N) is 4. The average molecular weight is 1410 g/mol. The van der Waals surface area contributed by atoms with Gasteiger partial charge in [-0.15, -0.1) is 22.2 Å². The molecule has 16 N–H and O–H groups in total. The van der Waals surface area contributed by atoms with Crippen LogP contribution in [0.5, 0.6) is 0 Å². The zero-order valence-electron chi connectivity index (χ0n) is 52.6. The van der Waals surface area contributed by atoms with E-state index in [4.69, 9.17) is 55.3 Å². The van der Waals surface area contributed by atoms with Gasteiger partial charge in [-0.05, 0) is 64.5 Å². The smallest absolute Gasteiger partial charge is 0.402 e. The van der Waals surface area contributed by atoms with Crippen molar-refractivity contribution in [3.05, 3.63) is 315 Å². The van der Waals surface area contributed by atoms with E-state index in [2.05, 4.69) is 93.4 Å². The number of rotatable bonds is 16. The van der Waals surface area contributed by atoms with Gasteiger partial charge < -0.3 is 63.3 Å². The number of urea groups is 4. The zero-order chi connectivity index (χ0) is 69.2. The minimum absolute atomic E-state index is 0.461. The maximum absolute atomic E-state index is 11.5. The van der Waals surface area contributed by atoms with Gasteiger partial charge in [0.15, 0.2) is 0 Å². The number of halogens is 2. The SMILES string of the molecule is Cl[Si](Cl)(c1ccc(-c2ccccc2)cc1)c1ccc(-c2ccccc2)cc1.NC(=O)NC(NC(N)=O)[SiH2]c1ccccc1.NC(=O)N[Si](NC(N)=O)(c1ccccc1)c1ccccc1.OC(O)[SiH2]c1ccccc1.O[Si](O)(c1cccc2ccccc12)c1cccc2ccccc12. The molecule has 0 unspecified atom stereocenters. The Hall–Kier alpha value is -10.3. The zero-order valence-corrected chi connectivity index (χ0v) is 59.9. The summed E-state index contributed by atoms with van der Waals surface area (Å²) in [5, 5.41) is 33.0. The van der Waals surface area contributed by atoms with Crippen molar-refractivity contribution in [2.45, 2.75) is 11.7 Å². The first-order chi connectivity index (χ1) is 46.7. The molecule has 492 valence electrons. The lowest BCUT2D eigenvalue weighted by atomic mass is 10.1. The largest absolute Gasteiger partial charge is 0.404 e. The molecule has 0 bridgehead atoms. The molecule has 0 aromatic heterocycles. The topological polar surface area (TPSA) is 301 Å². The van der Waals surface area contributed by atoms with E-state index < -0.39 is 78.5 Å². The standard InChI is InChI=1S/C24H18Cl2Si.C20H16O2Si.C14H16N4O2Si.C9H14N4O2Si.C7H10O2Si/c25-27(26,23-15-11-21(12-16-23)19-7-3-1-4-8-19)24-17-13-22(14-18-24)20-9-5-2-6-10-20;21-23(22,19-13-5-9-15-7-1-3-11-17(15)19)20-14-6-10-16-8-2-4-12-18(16)20;15-13(19)17-21(18-14(16)20,11-7-3-1-4-8-11)12-9-5-2-6-10-12;10-7(14)12-9(13-8(11)15)16-6-4-2-1-3-5-6;8-7(9)10-6-4-2-1-3-5-6/h1-18H;1-14,21-22H;1-10H,(H3,15,17,19)(H3,16,18,20);1-5,9H,16H2,(H3,10,12,14)(H3,11,13,15);1-5,7-9H,10H2. The van der Waals surface area contributed by atoms with Gasteiger partial charge in [0.2, 0.25) is 0 Å². The second kappa shape index (κ2) is 35.5. The van der Waals surface area contributed by atoms with Crippen molar-refractivity contribution < 1.29 is 39.0 Å². The normalized spacial score (nSPS) is 11.2. The van der Waals surface area contributed by atoms with Crippen molar-refractivity contribution in [2.75, 3.05) is 0 Å². The molecule has 97 heavy (non-hydrogen) atoms. The molecule has 12 rings (SSSR count). The van der Waals surface area contributed by atoms with Crippen molar-refractivity contribution in [2.24, 2.45) is 22.9 Å². The number of benzene rings is 12. The minimum atomic E-state index is -3.78. The van der Waals surface area contributed by atoms with E-state index in [-0.39, 0.29) is 0 Å². The summed E-state index contributed by atoms with van der Waals surface area (Å²) in [5.41, 5.74) is 25.4. The fraction of sp³-hybridized carbons (Fsp3) is 0.0270. The highest BCUT2D eigenvalue weighted by Gasteiger charge is 2.42. The van der Waals surface area contributed by atoms with Crippen molar-refractivity contribution >= 4 is 152 Å². The second-order valence-corrected chi connectivity index (χ2v) is 37.9. The van der Waals surface area contributed by atoms with E-state index in [1.807, 2.05) is 243 Å². The molecule has 0 saturated carbocycles. The average Bonchev–Trinajstić information content (AvgIpc) is 0.783. The van der Waals surface area contributed by atoms with Gasteiger partial charge in [-0.1, -0.05) is 326 Å². The van der Waals surface area contributed by atoms with Crippen LogP contribution in [-0.4, -0.2) is 98.3 Å². The van der Waals surface area contributed by atoms with Crippen molar-refractivity contribution in [1.29, 1.82) is 0 Å². The number of nitrogens with one attached hydrogen (secondary N) is 4. The third-order valence-electron chi connectivity index (χ3n) is 15.3. The third kappa shape index (κ3) is 20.9. The van der Waals surface area contributed by atoms with Crippen LogP contribution in [0.3, 0.4) is 0 Å².